The average molecular weight is 284 g/mol. The third-order valence-corrected chi connectivity index (χ3v) is 2.44. The normalized spacial score (nSPS) is 9.31. The summed E-state index contributed by atoms with van der Waals surface area (Å²) in [5, 5.41) is 3.45. The molecule has 0 saturated carbocycles. The fraction of sp³-hybridized carbons (Fsp3) is 0.300. The summed E-state index contributed by atoms with van der Waals surface area (Å²) in [7, 11) is 3.78. The zero-order chi connectivity index (χ0) is 11.6. The van der Waals surface area contributed by atoms with E-state index in [-0.39, 0.29) is 18.3 Å². The first kappa shape index (κ1) is 15.4. The van der Waals surface area contributed by atoms with Gasteiger partial charge in [0.2, 0.25) is 5.91 Å². The summed E-state index contributed by atoms with van der Waals surface area (Å²) in [4.78, 5) is 12.8. The van der Waals surface area contributed by atoms with E-state index in [0.717, 1.165) is 5.69 Å². The molecule has 0 aromatic heterocycles. The van der Waals surface area contributed by atoms with Crippen LogP contribution in [0.1, 0.15) is 6.92 Å². The minimum Gasteiger partial charge on any atom is -0.378 e. The smallest absolute Gasteiger partial charge is 0.221 e. The molecule has 6 heteroatoms. The highest BCUT2D eigenvalue weighted by atomic mass is 35.5. The van der Waals surface area contributed by atoms with Crippen LogP contribution in [0.2, 0.25) is 10.0 Å². The van der Waals surface area contributed by atoms with E-state index in [0.29, 0.717) is 15.7 Å². The Morgan fingerprint density at radius 3 is 2.00 bits per heavy atom. The van der Waals surface area contributed by atoms with E-state index in [9.17, 15) is 4.79 Å². The van der Waals surface area contributed by atoms with Crippen LogP contribution in [-0.4, -0.2) is 20.0 Å². The lowest BCUT2D eigenvalue weighted by molar-refractivity contribution is -0.114. The van der Waals surface area contributed by atoms with E-state index in [1.807, 2.05) is 19.0 Å². The molecule has 0 aliphatic heterocycles. The van der Waals surface area contributed by atoms with Crippen LogP contribution >= 0.6 is 35.6 Å². The van der Waals surface area contributed by atoms with Crippen molar-refractivity contribution in [2.75, 3.05) is 24.3 Å². The Kier molecular flexibility index (Phi) is 5.94. The highest BCUT2D eigenvalue weighted by Crippen LogP contribution is 2.34. The molecule has 0 aliphatic rings. The van der Waals surface area contributed by atoms with Gasteiger partial charge in [0, 0.05) is 26.7 Å². The van der Waals surface area contributed by atoms with Gasteiger partial charge in [-0.1, -0.05) is 23.2 Å². The van der Waals surface area contributed by atoms with Crippen LogP contribution in [0.5, 0.6) is 0 Å². The zero-order valence-electron chi connectivity index (χ0n) is 9.17. The molecule has 1 aromatic carbocycles. The van der Waals surface area contributed by atoms with Crippen molar-refractivity contribution in [1.82, 2.24) is 0 Å². The molecule has 1 amide bonds. The van der Waals surface area contributed by atoms with Crippen molar-refractivity contribution < 1.29 is 4.79 Å². The fourth-order valence-electron chi connectivity index (χ4n) is 1.11. The van der Waals surface area contributed by atoms with Gasteiger partial charge in [-0.05, 0) is 12.1 Å². The predicted octanol–water partition coefficient (Wildman–Crippen LogP) is 3.44. The van der Waals surface area contributed by atoms with Gasteiger partial charge in [0.25, 0.3) is 0 Å². The molecule has 0 fully saturated rings. The number of carbonyl (C=O) groups is 1. The minimum atomic E-state index is -0.198. The van der Waals surface area contributed by atoms with Crippen molar-refractivity contribution in [3.8, 4) is 0 Å². The van der Waals surface area contributed by atoms with Gasteiger partial charge in [0.1, 0.15) is 0 Å². The van der Waals surface area contributed by atoms with Gasteiger partial charge in [-0.2, -0.15) is 0 Å². The van der Waals surface area contributed by atoms with Crippen LogP contribution in [-0.2, 0) is 4.79 Å². The van der Waals surface area contributed by atoms with Gasteiger partial charge >= 0.3 is 0 Å². The van der Waals surface area contributed by atoms with Gasteiger partial charge in [-0.15, -0.1) is 12.4 Å². The molecule has 0 spiro atoms. The van der Waals surface area contributed by atoms with Crippen LogP contribution < -0.4 is 10.2 Å². The quantitative estimate of drug-likeness (QED) is 0.902. The molecule has 1 rings (SSSR count). The standard InChI is InChI=1S/C10H12Cl2N2O.ClH/c1-6(15)13-10-8(11)4-7(14(2)3)5-9(10)12;/h4-5H,1-3H3,(H,13,15);1H. The van der Waals surface area contributed by atoms with E-state index in [2.05, 4.69) is 5.32 Å². The molecule has 90 valence electrons. The van der Waals surface area contributed by atoms with Crippen LogP contribution in [0.4, 0.5) is 11.4 Å². The van der Waals surface area contributed by atoms with Gasteiger partial charge in [-0.25, -0.2) is 0 Å². The monoisotopic (exact) mass is 282 g/mol. The van der Waals surface area contributed by atoms with Gasteiger partial charge < -0.3 is 10.2 Å². The summed E-state index contributed by atoms with van der Waals surface area (Å²) in [6, 6.07) is 3.50. The summed E-state index contributed by atoms with van der Waals surface area (Å²) in [5.41, 5.74) is 1.34. The summed E-state index contributed by atoms with van der Waals surface area (Å²) in [5.74, 6) is -0.198. The average Bonchev–Trinajstić information content (AvgIpc) is 2.10. The fourth-order valence-corrected chi connectivity index (χ4v) is 1.68. The molecule has 0 heterocycles. The number of carbonyl (C=O) groups excluding carboxylic acids is 1. The molecular formula is C10H13Cl3N2O. The van der Waals surface area contributed by atoms with Crippen molar-refractivity contribution in [2.45, 2.75) is 6.92 Å². The number of anilines is 2. The highest BCUT2D eigenvalue weighted by molar-refractivity contribution is 6.40. The van der Waals surface area contributed by atoms with Crippen LogP contribution in [0.3, 0.4) is 0 Å². The number of rotatable bonds is 2. The second kappa shape index (κ2) is 6.18. The zero-order valence-corrected chi connectivity index (χ0v) is 11.5. The van der Waals surface area contributed by atoms with Gasteiger partial charge in [0.15, 0.2) is 0 Å². The van der Waals surface area contributed by atoms with Crippen molar-refractivity contribution in [1.29, 1.82) is 0 Å². The van der Waals surface area contributed by atoms with Gasteiger partial charge in [0.05, 0.1) is 15.7 Å². The van der Waals surface area contributed by atoms with E-state index < -0.39 is 0 Å². The maximum Gasteiger partial charge on any atom is 0.221 e. The largest absolute Gasteiger partial charge is 0.378 e. The predicted molar refractivity (Wildman–Crippen MR) is 72.3 cm³/mol. The van der Waals surface area contributed by atoms with E-state index in [1.54, 1.807) is 12.1 Å². The van der Waals surface area contributed by atoms with E-state index in [1.165, 1.54) is 6.92 Å². The Hall–Kier alpha value is -0.640. The Balaban J connectivity index is 0.00000225. The van der Waals surface area contributed by atoms with Gasteiger partial charge in [-0.3, -0.25) is 4.79 Å². The molecule has 0 radical (unpaired) electrons. The highest BCUT2D eigenvalue weighted by Gasteiger charge is 2.10. The SMILES string of the molecule is CC(=O)Nc1c(Cl)cc(N(C)C)cc1Cl.Cl. The van der Waals surface area contributed by atoms with Crippen molar-refractivity contribution in [2.24, 2.45) is 0 Å². The Labute approximate surface area is 111 Å². The van der Waals surface area contributed by atoms with Crippen molar-refractivity contribution in [3.05, 3.63) is 22.2 Å². The lowest BCUT2D eigenvalue weighted by Crippen LogP contribution is -2.10. The van der Waals surface area contributed by atoms with E-state index in [4.69, 9.17) is 23.2 Å². The maximum atomic E-state index is 10.9. The van der Waals surface area contributed by atoms with Crippen LogP contribution in [0, 0.1) is 0 Å². The maximum absolute atomic E-state index is 10.9. The molecule has 1 N–H and O–H groups in total. The molecular weight excluding hydrogens is 270 g/mol. The third kappa shape index (κ3) is 3.74. The number of hydrogen-bond acceptors (Lipinski definition) is 2. The number of amides is 1. The first-order valence-electron chi connectivity index (χ1n) is 4.35. The molecule has 0 aliphatic carbocycles. The molecule has 0 atom stereocenters. The lowest BCUT2D eigenvalue weighted by atomic mass is 10.2. The molecule has 0 bridgehead atoms. The third-order valence-electron chi connectivity index (χ3n) is 1.84. The molecule has 1 aromatic rings. The summed E-state index contributed by atoms with van der Waals surface area (Å²) >= 11 is 12.0. The number of hydrogen-bond donors (Lipinski definition) is 1. The Morgan fingerprint density at radius 1 is 1.25 bits per heavy atom. The first-order valence-corrected chi connectivity index (χ1v) is 5.11. The summed E-state index contributed by atoms with van der Waals surface area (Å²) in [6.45, 7) is 1.41. The van der Waals surface area contributed by atoms with Crippen LogP contribution in [0.15, 0.2) is 12.1 Å². The minimum absolute atomic E-state index is 0. The van der Waals surface area contributed by atoms with Crippen LogP contribution in [0.25, 0.3) is 0 Å². The summed E-state index contributed by atoms with van der Waals surface area (Å²) < 4.78 is 0. The molecule has 0 unspecified atom stereocenters. The second-order valence-electron chi connectivity index (χ2n) is 3.36. The summed E-state index contributed by atoms with van der Waals surface area (Å²) in [6.07, 6.45) is 0. The van der Waals surface area contributed by atoms with E-state index >= 15 is 0 Å². The first-order chi connectivity index (χ1) is 6.91. The second-order valence-corrected chi connectivity index (χ2v) is 4.17. The Bertz CT molecular complexity index is 371. The number of nitrogens with zero attached hydrogens (tertiary/aromatic N) is 1. The van der Waals surface area contributed by atoms with Crippen molar-refractivity contribution in [3.63, 3.8) is 0 Å². The number of nitrogens with one attached hydrogen (secondary N) is 1. The molecule has 0 saturated heterocycles. The molecule has 16 heavy (non-hydrogen) atoms. The number of halogens is 3. The lowest BCUT2D eigenvalue weighted by Gasteiger charge is -2.15. The van der Waals surface area contributed by atoms with Crippen molar-refractivity contribution >= 4 is 52.9 Å². The topological polar surface area (TPSA) is 32.3 Å². The molecule has 3 nitrogen and oxygen atoms in total. The Morgan fingerprint density at radius 2 is 1.69 bits per heavy atom. The number of benzene rings is 1.